The lowest BCUT2D eigenvalue weighted by atomic mass is 10.0. The highest BCUT2D eigenvalue weighted by Gasteiger charge is 2.12. The van der Waals surface area contributed by atoms with Crippen molar-refractivity contribution in [3.63, 3.8) is 0 Å². The second-order valence-electron chi connectivity index (χ2n) is 4.26. The summed E-state index contributed by atoms with van der Waals surface area (Å²) >= 11 is 0. The van der Waals surface area contributed by atoms with Crippen LogP contribution in [0.25, 0.3) is 10.8 Å². The molecule has 0 atom stereocenters. The number of halogens is 1. The topological polar surface area (TPSA) is 89.3 Å². The van der Waals surface area contributed by atoms with Gasteiger partial charge in [-0.15, -0.1) is 0 Å². The molecule has 0 unspecified atom stereocenters. The molecule has 2 aromatic carbocycles. The molecule has 0 saturated carbocycles. The fraction of sp³-hybridized carbons (Fsp3) is 0.154. The molecule has 0 aliphatic rings. The van der Waals surface area contributed by atoms with Crippen LogP contribution < -0.4 is 10.5 Å². The highest BCUT2D eigenvalue weighted by Crippen LogP contribution is 2.21. The summed E-state index contributed by atoms with van der Waals surface area (Å²) in [6.07, 6.45) is 0. The Kier molecular flexibility index (Phi) is 4.01. The summed E-state index contributed by atoms with van der Waals surface area (Å²) in [6.45, 7) is -0.0939. The molecular weight excluding hydrogens is 283 g/mol. The number of benzene rings is 2. The van der Waals surface area contributed by atoms with E-state index in [2.05, 4.69) is 5.32 Å². The molecule has 0 saturated heterocycles. The molecule has 0 heterocycles. The zero-order chi connectivity index (χ0) is 14.8. The number of amides is 1. The van der Waals surface area contributed by atoms with Gasteiger partial charge in [-0.3, -0.25) is 4.79 Å². The summed E-state index contributed by atoms with van der Waals surface area (Å²) in [5.41, 5.74) is 0.288. The normalized spacial score (nSPS) is 11.5. The molecule has 0 aliphatic carbocycles. The van der Waals surface area contributed by atoms with Gasteiger partial charge in [-0.25, -0.2) is 17.9 Å². The minimum atomic E-state index is -3.63. The van der Waals surface area contributed by atoms with Crippen LogP contribution in [0.1, 0.15) is 10.4 Å². The molecule has 1 amide bonds. The Balaban J connectivity index is 2.25. The van der Waals surface area contributed by atoms with Gasteiger partial charge in [0.15, 0.2) is 0 Å². The molecule has 0 spiro atoms. The SMILES string of the molecule is NS(=O)(=O)CCNC(=O)c1ccc(F)c2ccccc12. The molecule has 0 bridgehead atoms. The zero-order valence-corrected chi connectivity index (χ0v) is 11.3. The Morgan fingerprint density at radius 3 is 2.45 bits per heavy atom. The van der Waals surface area contributed by atoms with E-state index in [4.69, 9.17) is 5.14 Å². The summed E-state index contributed by atoms with van der Waals surface area (Å²) in [7, 11) is -3.63. The zero-order valence-electron chi connectivity index (χ0n) is 10.5. The molecule has 5 nitrogen and oxygen atoms in total. The van der Waals surface area contributed by atoms with Crippen LogP contribution in [0.2, 0.25) is 0 Å². The number of primary sulfonamides is 1. The maximum Gasteiger partial charge on any atom is 0.251 e. The van der Waals surface area contributed by atoms with Gasteiger partial charge in [0.2, 0.25) is 10.0 Å². The van der Waals surface area contributed by atoms with E-state index >= 15 is 0 Å². The number of rotatable bonds is 4. The average Bonchev–Trinajstić information content (AvgIpc) is 2.38. The van der Waals surface area contributed by atoms with Crippen LogP contribution in [0.5, 0.6) is 0 Å². The Morgan fingerprint density at radius 1 is 1.15 bits per heavy atom. The summed E-state index contributed by atoms with van der Waals surface area (Å²) in [5.74, 6) is -1.23. The fourth-order valence-corrected chi connectivity index (χ4v) is 2.25. The van der Waals surface area contributed by atoms with Gasteiger partial charge in [-0.05, 0) is 17.5 Å². The smallest absolute Gasteiger partial charge is 0.251 e. The van der Waals surface area contributed by atoms with Crippen molar-refractivity contribution in [2.24, 2.45) is 5.14 Å². The van der Waals surface area contributed by atoms with Crippen LogP contribution in [-0.2, 0) is 10.0 Å². The Bertz CT molecular complexity index is 759. The van der Waals surface area contributed by atoms with Crippen LogP contribution in [-0.4, -0.2) is 26.6 Å². The highest BCUT2D eigenvalue weighted by atomic mass is 32.2. The first-order chi connectivity index (χ1) is 9.38. The number of sulfonamides is 1. The molecule has 106 valence electrons. The van der Waals surface area contributed by atoms with Crippen LogP contribution in [0.4, 0.5) is 4.39 Å². The maximum atomic E-state index is 13.6. The third-order valence-electron chi connectivity index (χ3n) is 2.79. The molecule has 0 aromatic heterocycles. The van der Waals surface area contributed by atoms with Gasteiger partial charge in [0.05, 0.1) is 5.75 Å². The number of nitrogens with two attached hydrogens (primary N) is 1. The predicted molar refractivity (Wildman–Crippen MR) is 74.2 cm³/mol. The lowest BCUT2D eigenvalue weighted by Gasteiger charge is -2.08. The number of hydrogen-bond acceptors (Lipinski definition) is 3. The van der Waals surface area contributed by atoms with Crippen molar-refractivity contribution in [2.45, 2.75) is 0 Å². The van der Waals surface area contributed by atoms with Crippen molar-refractivity contribution in [2.75, 3.05) is 12.3 Å². The Hall–Kier alpha value is -1.99. The first kappa shape index (κ1) is 14.4. The number of carbonyl (C=O) groups is 1. The van der Waals surface area contributed by atoms with Crippen molar-refractivity contribution in [1.82, 2.24) is 5.32 Å². The third-order valence-corrected chi connectivity index (χ3v) is 3.56. The highest BCUT2D eigenvalue weighted by molar-refractivity contribution is 7.89. The quantitative estimate of drug-likeness (QED) is 0.882. The van der Waals surface area contributed by atoms with E-state index in [9.17, 15) is 17.6 Å². The van der Waals surface area contributed by atoms with Crippen LogP contribution in [0.15, 0.2) is 36.4 Å². The standard InChI is InChI=1S/C13H13FN2O3S/c14-12-6-5-11(9-3-1-2-4-10(9)12)13(17)16-7-8-20(15,18)19/h1-6H,7-8H2,(H,16,17)(H2,15,18,19). The van der Waals surface area contributed by atoms with E-state index in [0.29, 0.717) is 10.8 Å². The van der Waals surface area contributed by atoms with Gasteiger partial charge in [0.1, 0.15) is 5.82 Å². The molecule has 3 N–H and O–H groups in total. The van der Waals surface area contributed by atoms with Crippen molar-refractivity contribution >= 4 is 26.7 Å². The first-order valence-electron chi connectivity index (χ1n) is 5.84. The summed E-state index contributed by atoms with van der Waals surface area (Å²) in [6, 6.07) is 9.15. The molecule has 2 aromatic rings. The molecule has 0 fully saturated rings. The van der Waals surface area contributed by atoms with Crippen LogP contribution >= 0.6 is 0 Å². The third kappa shape index (κ3) is 3.31. The molecular formula is C13H13FN2O3S. The lowest BCUT2D eigenvalue weighted by molar-refractivity contribution is 0.0958. The van der Waals surface area contributed by atoms with E-state index in [1.807, 2.05) is 0 Å². The monoisotopic (exact) mass is 296 g/mol. The second kappa shape index (κ2) is 5.56. The largest absolute Gasteiger partial charge is 0.351 e. The van der Waals surface area contributed by atoms with Gasteiger partial charge in [0.25, 0.3) is 5.91 Å². The van der Waals surface area contributed by atoms with E-state index in [-0.39, 0.29) is 17.9 Å². The minimum absolute atomic E-state index is 0.0939. The minimum Gasteiger partial charge on any atom is -0.351 e. The fourth-order valence-electron chi connectivity index (χ4n) is 1.86. The molecule has 20 heavy (non-hydrogen) atoms. The Labute approximate surface area is 115 Å². The number of fused-ring (bicyclic) bond motifs is 1. The van der Waals surface area contributed by atoms with Gasteiger partial charge < -0.3 is 5.32 Å². The van der Waals surface area contributed by atoms with E-state index in [1.54, 1.807) is 24.3 Å². The van der Waals surface area contributed by atoms with Crippen molar-refractivity contribution in [3.8, 4) is 0 Å². The number of carbonyl (C=O) groups excluding carboxylic acids is 1. The average molecular weight is 296 g/mol. The Morgan fingerprint density at radius 2 is 1.80 bits per heavy atom. The molecule has 0 aliphatic heterocycles. The maximum absolute atomic E-state index is 13.6. The first-order valence-corrected chi connectivity index (χ1v) is 7.56. The van der Waals surface area contributed by atoms with E-state index in [1.165, 1.54) is 12.1 Å². The van der Waals surface area contributed by atoms with Crippen molar-refractivity contribution in [3.05, 3.63) is 47.8 Å². The van der Waals surface area contributed by atoms with Crippen molar-refractivity contribution in [1.29, 1.82) is 0 Å². The predicted octanol–water partition coefficient (Wildman–Crippen LogP) is 0.997. The van der Waals surface area contributed by atoms with Gasteiger partial charge in [-0.2, -0.15) is 0 Å². The summed E-state index contributed by atoms with van der Waals surface area (Å²) in [5, 5.41) is 8.10. The van der Waals surface area contributed by atoms with E-state index in [0.717, 1.165) is 0 Å². The molecule has 2 rings (SSSR count). The van der Waals surface area contributed by atoms with Gasteiger partial charge in [-0.1, -0.05) is 24.3 Å². The molecule has 7 heteroatoms. The van der Waals surface area contributed by atoms with Crippen LogP contribution in [0, 0.1) is 5.82 Å². The summed E-state index contributed by atoms with van der Waals surface area (Å²) < 4.78 is 35.2. The molecule has 0 radical (unpaired) electrons. The van der Waals surface area contributed by atoms with Crippen molar-refractivity contribution < 1.29 is 17.6 Å². The van der Waals surface area contributed by atoms with E-state index < -0.39 is 21.7 Å². The lowest BCUT2D eigenvalue weighted by Crippen LogP contribution is -2.31. The number of nitrogens with one attached hydrogen (secondary N) is 1. The van der Waals surface area contributed by atoms with Crippen LogP contribution in [0.3, 0.4) is 0 Å². The van der Waals surface area contributed by atoms with Gasteiger partial charge in [0, 0.05) is 17.5 Å². The summed E-state index contributed by atoms with van der Waals surface area (Å²) in [4.78, 5) is 12.0. The van der Waals surface area contributed by atoms with Gasteiger partial charge >= 0.3 is 0 Å². The number of hydrogen-bond donors (Lipinski definition) is 2. The second-order valence-corrected chi connectivity index (χ2v) is 6.00.